The second-order valence-corrected chi connectivity index (χ2v) is 6.09. The average molecular weight is 244 g/mol. The summed E-state index contributed by atoms with van der Waals surface area (Å²) in [6, 6.07) is 0.557. The van der Waals surface area contributed by atoms with Crippen molar-refractivity contribution < 1.29 is 5.11 Å². The van der Waals surface area contributed by atoms with Gasteiger partial charge in [-0.25, -0.2) is 0 Å². The van der Waals surface area contributed by atoms with Gasteiger partial charge in [0.05, 0.1) is 0 Å². The minimum atomic E-state index is -0.408. The van der Waals surface area contributed by atoms with Crippen molar-refractivity contribution in [1.82, 2.24) is 10.2 Å². The summed E-state index contributed by atoms with van der Waals surface area (Å²) < 4.78 is 0. The van der Waals surface area contributed by atoms with Crippen LogP contribution in [0.5, 0.6) is 0 Å². The Hall–Kier alpha value is -0.120. The molecule has 0 amide bonds. The van der Waals surface area contributed by atoms with Crippen LogP contribution in [0.25, 0.3) is 0 Å². The van der Waals surface area contributed by atoms with E-state index < -0.39 is 6.23 Å². The summed E-state index contributed by atoms with van der Waals surface area (Å²) >= 11 is 0. The lowest BCUT2D eigenvalue weighted by Crippen LogP contribution is -2.51. The maximum atomic E-state index is 10.1. The predicted octanol–water partition coefficient (Wildman–Crippen LogP) is 2.45. The Bertz CT molecular complexity index is 204. The fraction of sp³-hybridized carbons (Fsp3) is 1.00. The van der Waals surface area contributed by atoms with E-state index in [1.807, 2.05) is 0 Å². The first-order valence-electron chi connectivity index (χ1n) is 6.85. The van der Waals surface area contributed by atoms with Crippen molar-refractivity contribution >= 4 is 0 Å². The number of nitrogens with one attached hydrogen (secondary N) is 1. The molecule has 0 aromatic carbocycles. The number of hydrogen-bond acceptors (Lipinski definition) is 3. The lowest BCUT2D eigenvalue weighted by Gasteiger charge is -2.36. The summed E-state index contributed by atoms with van der Waals surface area (Å²) in [4.78, 5) is 2.26. The van der Waals surface area contributed by atoms with Crippen LogP contribution in [0.4, 0.5) is 0 Å². The third-order valence-corrected chi connectivity index (χ3v) is 3.67. The van der Waals surface area contributed by atoms with Gasteiger partial charge >= 0.3 is 0 Å². The molecule has 0 heterocycles. The van der Waals surface area contributed by atoms with Gasteiger partial charge in [-0.3, -0.25) is 5.32 Å². The molecule has 0 aliphatic rings. The Labute approximate surface area is 108 Å². The summed E-state index contributed by atoms with van der Waals surface area (Å²) in [6.45, 7) is 10.7. The van der Waals surface area contributed by atoms with Crippen LogP contribution in [-0.2, 0) is 0 Å². The van der Waals surface area contributed by atoms with E-state index in [-0.39, 0.29) is 5.54 Å². The molecule has 17 heavy (non-hydrogen) atoms. The van der Waals surface area contributed by atoms with Crippen LogP contribution in [0.1, 0.15) is 53.9 Å². The predicted molar refractivity (Wildman–Crippen MR) is 75.1 cm³/mol. The number of hydrogen-bond donors (Lipinski definition) is 2. The number of nitrogens with zero attached hydrogens (tertiary/aromatic N) is 1. The van der Waals surface area contributed by atoms with E-state index >= 15 is 0 Å². The molecule has 2 N–H and O–H groups in total. The summed E-state index contributed by atoms with van der Waals surface area (Å²) in [5.41, 5.74) is -0.0339. The van der Waals surface area contributed by atoms with Crippen molar-refractivity contribution in [3.05, 3.63) is 0 Å². The van der Waals surface area contributed by atoms with Gasteiger partial charge in [-0.05, 0) is 53.1 Å². The Morgan fingerprint density at radius 1 is 1.18 bits per heavy atom. The minimum absolute atomic E-state index is 0.0339. The second-order valence-electron chi connectivity index (χ2n) is 6.09. The van der Waals surface area contributed by atoms with Crippen LogP contribution < -0.4 is 5.32 Å². The molecule has 0 radical (unpaired) electrons. The molecule has 0 spiro atoms. The Kier molecular flexibility index (Phi) is 7.29. The van der Waals surface area contributed by atoms with Crippen LogP contribution in [0, 0.1) is 5.92 Å². The highest BCUT2D eigenvalue weighted by molar-refractivity contribution is 4.85. The molecule has 0 aliphatic heterocycles. The average Bonchev–Trinajstić information content (AvgIpc) is 2.23. The maximum Gasteiger partial charge on any atom is 0.107 e. The first-order valence-corrected chi connectivity index (χ1v) is 6.85. The molecule has 3 atom stereocenters. The Morgan fingerprint density at radius 2 is 1.71 bits per heavy atom. The minimum Gasteiger partial charge on any atom is -0.378 e. The summed E-state index contributed by atoms with van der Waals surface area (Å²) in [5, 5.41) is 13.4. The van der Waals surface area contributed by atoms with E-state index in [9.17, 15) is 5.11 Å². The smallest absolute Gasteiger partial charge is 0.107 e. The molecule has 0 aromatic rings. The van der Waals surface area contributed by atoms with Gasteiger partial charge in [0.15, 0.2) is 0 Å². The molecule has 3 nitrogen and oxygen atoms in total. The van der Waals surface area contributed by atoms with Gasteiger partial charge in [0, 0.05) is 11.6 Å². The van der Waals surface area contributed by atoms with Crippen LogP contribution >= 0.6 is 0 Å². The third-order valence-electron chi connectivity index (χ3n) is 3.67. The van der Waals surface area contributed by atoms with Gasteiger partial charge in [-0.15, -0.1) is 0 Å². The van der Waals surface area contributed by atoms with Gasteiger partial charge in [0.2, 0.25) is 0 Å². The quantitative estimate of drug-likeness (QED) is 0.644. The van der Waals surface area contributed by atoms with Crippen molar-refractivity contribution in [2.75, 3.05) is 14.1 Å². The Morgan fingerprint density at radius 3 is 2.06 bits per heavy atom. The highest BCUT2D eigenvalue weighted by Gasteiger charge is 2.27. The van der Waals surface area contributed by atoms with Gasteiger partial charge in [0.1, 0.15) is 6.23 Å². The van der Waals surface area contributed by atoms with Crippen LogP contribution in [0.15, 0.2) is 0 Å². The van der Waals surface area contributed by atoms with Gasteiger partial charge < -0.3 is 10.0 Å². The molecule has 3 heteroatoms. The Balaban J connectivity index is 4.36. The highest BCUT2D eigenvalue weighted by Crippen LogP contribution is 2.19. The van der Waals surface area contributed by atoms with E-state index in [0.29, 0.717) is 12.0 Å². The molecule has 3 unspecified atom stereocenters. The zero-order valence-corrected chi connectivity index (χ0v) is 12.7. The van der Waals surface area contributed by atoms with Gasteiger partial charge in [-0.1, -0.05) is 20.8 Å². The lowest BCUT2D eigenvalue weighted by atomic mass is 9.92. The lowest BCUT2D eigenvalue weighted by molar-refractivity contribution is 0.0433. The fourth-order valence-electron chi connectivity index (χ4n) is 2.11. The normalized spacial score (nSPS) is 18.2. The standard InChI is InChI=1S/C14H32N2O/c1-8-11(3)13(17)15-14(4,5)10-12(9-2)16(6)7/h11-13,15,17H,8-10H2,1-7H3. The fourth-order valence-corrected chi connectivity index (χ4v) is 2.11. The molecular weight excluding hydrogens is 212 g/mol. The second kappa shape index (κ2) is 7.34. The van der Waals surface area contributed by atoms with Crippen molar-refractivity contribution in [3.63, 3.8) is 0 Å². The monoisotopic (exact) mass is 244 g/mol. The van der Waals surface area contributed by atoms with Crippen LogP contribution in [-0.4, -0.2) is 41.9 Å². The molecular formula is C14H32N2O. The molecule has 0 rings (SSSR count). The molecule has 0 fully saturated rings. The molecule has 0 saturated carbocycles. The van der Waals surface area contributed by atoms with E-state index in [1.165, 1.54) is 0 Å². The highest BCUT2D eigenvalue weighted by atomic mass is 16.3. The molecule has 0 aliphatic carbocycles. The largest absolute Gasteiger partial charge is 0.378 e. The van der Waals surface area contributed by atoms with Crippen LogP contribution in [0.3, 0.4) is 0 Å². The van der Waals surface area contributed by atoms with Gasteiger partial charge in [-0.2, -0.15) is 0 Å². The van der Waals surface area contributed by atoms with E-state index in [4.69, 9.17) is 0 Å². The molecule has 104 valence electrons. The van der Waals surface area contributed by atoms with Crippen molar-refractivity contribution in [2.45, 2.75) is 71.7 Å². The maximum absolute atomic E-state index is 10.1. The van der Waals surface area contributed by atoms with E-state index in [2.05, 4.69) is 58.9 Å². The first-order chi connectivity index (χ1) is 7.73. The third kappa shape index (κ3) is 6.39. The molecule has 0 saturated heterocycles. The summed E-state index contributed by atoms with van der Waals surface area (Å²) in [7, 11) is 4.24. The van der Waals surface area contributed by atoms with Gasteiger partial charge in [0.25, 0.3) is 0 Å². The van der Waals surface area contributed by atoms with Crippen LogP contribution in [0.2, 0.25) is 0 Å². The van der Waals surface area contributed by atoms with E-state index in [0.717, 1.165) is 19.3 Å². The van der Waals surface area contributed by atoms with Crippen molar-refractivity contribution in [3.8, 4) is 0 Å². The summed E-state index contributed by atoms with van der Waals surface area (Å²) in [6.07, 6.45) is 2.77. The zero-order valence-electron chi connectivity index (χ0n) is 12.7. The summed E-state index contributed by atoms with van der Waals surface area (Å²) in [5.74, 6) is 0.300. The first kappa shape index (κ1) is 16.9. The number of aliphatic hydroxyl groups is 1. The number of rotatable bonds is 8. The molecule has 0 bridgehead atoms. The SMILES string of the molecule is CCC(C)C(O)NC(C)(C)CC(CC)N(C)C. The molecule has 0 aromatic heterocycles. The van der Waals surface area contributed by atoms with Crippen molar-refractivity contribution in [2.24, 2.45) is 5.92 Å². The topological polar surface area (TPSA) is 35.5 Å². The van der Waals surface area contributed by atoms with Crippen molar-refractivity contribution in [1.29, 1.82) is 0 Å². The zero-order chi connectivity index (χ0) is 13.6. The number of aliphatic hydroxyl groups excluding tert-OH is 1. The van der Waals surface area contributed by atoms with E-state index in [1.54, 1.807) is 0 Å².